The minimum atomic E-state index is -0.470. The number of halogens is 1. The van der Waals surface area contributed by atoms with Crippen molar-refractivity contribution in [3.63, 3.8) is 0 Å². The Morgan fingerprint density at radius 2 is 1.68 bits per heavy atom. The number of hydrogen-bond donors (Lipinski definition) is 1. The van der Waals surface area contributed by atoms with Gasteiger partial charge in [-0.2, -0.15) is 0 Å². The molecule has 2 aromatic carbocycles. The van der Waals surface area contributed by atoms with Gasteiger partial charge in [0.2, 0.25) is 17.6 Å². The van der Waals surface area contributed by atoms with Gasteiger partial charge in [0.15, 0.2) is 11.5 Å². The van der Waals surface area contributed by atoms with E-state index in [1.54, 1.807) is 41.3 Å². The first-order valence-electron chi connectivity index (χ1n) is 8.63. The van der Waals surface area contributed by atoms with Gasteiger partial charge in [0.25, 0.3) is 0 Å². The fourth-order valence-corrected chi connectivity index (χ4v) is 3.26. The molecule has 1 heterocycles. The smallest absolute Gasteiger partial charge is 0.229 e. The molecule has 1 saturated heterocycles. The first-order chi connectivity index (χ1) is 13.5. The molecule has 2 amide bonds. The second-order valence-electron chi connectivity index (χ2n) is 6.29. The van der Waals surface area contributed by atoms with E-state index in [-0.39, 0.29) is 24.8 Å². The quantitative estimate of drug-likeness (QED) is 0.798. The topological polar surface area (TPSA) is 77.1 Å². The lowest BCUT2D eigenvalue weighted by Gasteiger charge is -2.20. The Labute approximate surface area is 168 Å². The largest absolute Gasteiger partial charge is 0.493 e. The normalized spacial score (nSPS) is 16.1. The summed E-state index contributed by atoms with van der Waals surface area (Å²) in [6.45, 7) is 0.261. The molecule has 1 aliphatic heterocycles. The number of anilines is 2. The van der Waals surface area contributed by atoms with Gasteiger partial charge in [-0.1, -0.05) is 11.6 Å². The number of carbonyl (C=O) groups is 2. The third-order valence-corrected chi connectivity index (χ3v) is 4.82. The zero-order chi connectivity index (χ0) is 20.3. The van der Waals surface area contributed by atoms with Gasteiger partial charge < -0.3 is 24.4 Å². The summed E-state index contributed by atoms with van der Waals surface area (Å²) < 4.78 is 16.0. The molecule has 2 aromatic rings. The number of methoxy groups -OCH3 is 3. The standard InChI is InChI=1S/C20H21ClN2O5/c1-26-16-9-15(10-17(27-2)19(16)28-3)23-11-12(8-18(23)24)20(25)22-14-6-4-13(21)5-7-14/h4-7,9-10,12H,8,11H2,1-3H3,(H,22,25). The van der Waals surface area contributed by atoms with E-state index in [1.807, 2.05) is 0 Å². The van der Waals surface area contributed by atoms with Crippen LogP contribution in [0.15, 0.2) is 36.4 Å². The first-order valence-corrected chi connectivity index (χ1v) is 9.01. The van der Waals surface area contributed by atoms with Crippen molar-refractivity contribution < 1.29 is 23.8 Å². The molecule has 3 rings (SSSR count). The Morgan fingerprint density at radius 1 is 1.07 bits per heavy atom. The van der Waals surface area contributed by atoms with E-state index < -0.39 is 5.92 Å². The average Bonchev–Trinajstić information content (AvgIpc) is 3.10. The third-order valence-electron chi connectivity index (χ3n) is 4.57. The van der Waals surface area contributed by atoms with E-state index >= 15 is 0 Å². The third kappa shape index (κ3) is 3.99. The Kier molecular flexibility index (Phi) is 5.94. The summed E-state index contributed by atoms with van der Waals surface area (Å²) >= 11 is 5.86. The van der Waals surface area contributed by atoms with Crippen LogP contribution in [0.3, 0.4) is 0 Å². The number of rotatable bonds is 6. The lowest BCUT2D eigenvalue weighted by atomic mass is 10.1. The summed E-state index contributed by atoms with van der Waals surface area (Å²) in [5, 5.41) is 3.41. The monoisotopic (exact) mass is 404 g/mol. The van der Waals surface area contributed by atoms with Crippen LogP contribution in [-0.4, -0.2) is 39.7 Å². The highest BCUT2D eigenvalue weighted by molar-refractivity contribution is 6.30. The van der Waals surface area contributed by atoms with Crippen molar-refractivity contribution in [3.05, 3.63) is 41.4 Å². The molecule has 7 nitrogen and oxygen atoms in total. The number of amides is 2. The molecule has 0 aromatic heterocycles. The fraction of sp³-hybridized carbons (Fsp3) is 0.300. The predicted octanol–water partition coefficient (Wildman–Crippen LogP) is 3.36. The summed E-state index contributed by atoms with van der Waals surface area (Å²) in [5.41, 5.74) is 1.22. The van der Waals surface area contributed by atoms with E-state index in [0.29, 0.717) is 33.6 Å². The molecule has 28 heavy (non-hydrogen) atoms. The SMILES string of the molecule is COc1cc(N2CC(C(=O)Nc3ccc(Cl)cc3)CC2=O)cc(OC)c1OC. The van der Waals surface area contributed by atoms with E-state index in [2.05, 4.69) is 5.32 Å². The van der Waals surface area contributed by atoms with E-state index in [1.165, 1.54) is 21.3 Å². The predicted molar refractivity (Wildman–Crippen MR) is 107 cm³/mol. The molecule has 8 heteroatoms. The summed E-state index contributed by atoms with van der Waals surface area (Å²) in [4.78, 5) is 26.7. The average molecular weight is 405 g/mol. The Balaban J connectivity index is 1.79. The van der Waals surface area contributed by atoms with Crippen LogP contribution in [0.1, 0.15) is 6.42 Å². The minimum Gasteiger partial charge on any atom is -0.493 e. The molecule has 1 unspecified atom stereocenters. The van der Waals surface area contributed by atoms with Gasteiger partial charge in [-0.05, 0) is 24.3 Å². The van der Waals surface area contributed by atoms with Gasteiger partial charge in [-0.25, -0.2) is 0 Å². The summed E-state index contributed by atoms with van der Waals surface area (Å²) in [7, 11) is 4.53. The molecule has 0 radical (unpaired) electrons. The van der Waals surface area contributed by atoms with Crippen LogP contribution in [0.4, 0.5) is 11.4 Å². The van der Waals surface area contributed by atoms with Gasteiger partial charge >= 0.3 is 0 Å². The Hall–Kier alpha value is -2.93. The van der Waals surface area contributed by atoms with Gasteiger partial charge in [0.05, 0.1) is 32.9 Å². The minimum absolute atomic E-state index is 0.121. The first kappa shape index (κ1) is 19.8. The molecule has 0 spiro atoms. The molecule has 0 aliphatic carbocycles. The van der Waals surface area contributed by atoms with Crippen LogP contribution in [-0.2, 0) is 9.59 Å². The highest BCUT2D eigenvalue weighted by Crippen LogP contribution is 2.42. The summed E-state index contributed by atoms with van der Waals surface area (Å²) in [5.74, 6) is 0.494. The van der Waals surface area contributed by atoms with Crippen molar-refractivity contribution >= 4 is 34.8 Å². The molecule has 1 aliphatic rings. The van der Waals surface area contributed by atoms with Crippen LogP contribution < -0.4 is 24.4 Å². The van der Waals surface area contributed by atoms with Gasteiger partial charge in [0, 0.05) is 35.8 Å². The van der Waals surface area contributed by atoms with Crippen molar-refractivity contribution in [2.24, 2.45) is 5.92 Å². The van der Waals surface area contributed by atoms with Crippen LogP contribution in [0.25, 0.3) is 0 Å². The van der Waals surface area contributed by atoms with Crippen molar-refractivity contribution in [2.75, 3.05) is 38.1 Å². The maximum atomic E-state index is 12.6. The van der Waals surface area contributed by atoms with Crippen LogP contribution in [0.5, 0.6) is 17.2 Å². The zero-order valence-corrected chi connectivity index (χ0v) is 16.6. The number of nitrogens with zero attached hydrogens (tertiary/aromatic N) is 1. The number of carbonyl (C=O) groups excluding carboxylic acids is 2. The van der Waals surface area contributed by atoms with E-state index in [9.17, 15) is 9.59 Å². The van der Waals surface area contributed by atoms with E-state index in [0.717, 1.165) is 0 Å². The van der Waals surface area contributed by atoms with Gasteiger partial charge in [-0.15, -0.1) is 0 Å². The molecule has 1 atom stereocenters. The van der Waals surface area contributed by atoms with Crippen LogP contribution in [0.2, 0.25) is 5.02 Å². The summed E-state index contributed by atoms with van der Waals surface area (Å²) in [6.07, 6.45) is 0.121. The number of ether oxygens (including phenoxy) is 3. The van der Waals surface area contributed by atoms with Crippen molar-refractivity contribution in [2.45, 2.75) is 6.42 Å². The zero-order valence-electron chi connectivity index (χ0n) is 15.8. The number of benzene rings is 2. The molecule has 1 N–H and O–H groups in total. The lowest BCUT2D eigenvalue weighted by Crippen LogP contribution is -2.28. The van der Waals surface area contributed by atoms with Crippen molar-refractivity contribution in [1.29, 1.82) is 0 Å². The maximum absolute atomic E-state index is 12.6. The molecule has 0 saturated carbocycles. The second-order valence-corrected chi connectivity index (χ2v) is 6.72. The second kappa shape index (κ2) is 8.39. The van der Waals surface area contributed by atoms with Crippen LogP contribution >= 0.6 is 11.6 Å². The number of nitrogens with one attached hydrogen (secondary N) is 1. The Morgan fingerprint density at radius 3 is 2.21 bits per heavy atom. The molecular weight excluding hydrogens is 384 g/mol. The maximum Gasteiger partial charge on any atom is 0.229 e. The highest BCUT2D eigenvalue weighted by Gasteiger charge is 2.36. The fourth-order valence-electron chi connectivity index (χ4n) is 3.13. The molecule has 148 valence electrons. The molecule has 0 bridgehead atoms. The summed E-state index contributed by atoms with van der Waals surface area (Å²) in [6, 6.07) is 10.2. The Bertz CT molecular complexity index is 860. The number of hydrogen-bond acceptors (Lipinski definition) is 5. The van der Waals surface area contributed by atoms with Crippen LogP contribution in [0, 0.1) is 5.92 Å². The highest BCUT2D eigenvalue weighted by atomic mass is 35.5. The van der Waals surface area contributed by atoms with Gasteiger partial charge in [-0.3, -0.25) is 9.59 Å². The van der Waals surface area contributed by atoms with Crippen molar-refractivity contribution in [3.8, 4) is 17.2 Å². The van der Waals surface area contributed by atoms with Crippen molar-refractivity contribution in [1.82, 2.24) is 0 Å². The van der Waals surface area contributed by atoms with Gasteiger partial charge in [0.1, 0.15) is 0 Å². The molecule has 1 fully saturated rings. The molecular formula is C20H21ClN2O5. The lowest BCUT2D eigenvalue weighted by molar-refractivity contribution is -0.122. The van der Waals surface area contributed by atoms with E-state index in [4.69, 9.17) is 25.8 Å².